The van der Waals surface area contributed by atoms with Gasteiger partial charge in [0.05, 0.1) is 20.3 Å². The number of esters is 1. The molecule has 3 aromatic carbocycles. The number of carbonyl (C=O) groups excluding carboxylic acids is 3. The van der Waals surface area contributed by atoms with E-state index in [1.807, 2.05) is 63.4 Å². The van der Waals surface area contributed by atoms with Gasteiger partial charge in [0, 0.05) is 41.3 Å². The molecule has 1 saturated carbocycles. The maximum atomic E-state index is 14.6. The summed E-state index contributed by atoms with van der Waals surface area (Å²) in [4.78, 5) is 47.9. The van der Waals surface area contributed by atoms with Crippen molar-refractivity contribution in [2.24, 2.45) is 11.8 Å². The molecule has 3 atom stereocenters. The molecule has 2 amide bonds. The molecule has 372 valence electrons. The number of aryl methyl sites for hydroxylation is 2. The van der Waals surface area contributed by atoms with E-state index in [4.69, 9.17) is 30.5 Å². The Bertz CT molecular complexity index is 2420. The highest BCUT2D eigenvalue weighted by atomic mass is 35.5. The second-order valence-electron chi connectivity index (χ2n) is 20.4. The molecule has 1 heterocycles. The van der Waals surface area contributed by atoms with E-state index in [2.05, 4.69) is 37.0 Å². The van der Waals surface area contributed by atoms with Gasteiger partial charge in [-0.3, -0.25) is 14.7 Å². The number of halogens is 4. The van der Waals surface area contributed by atoms with E-state index in [1.165, 1.54) is 35.4 Å². The summed E-state index contributed by atoms with van der Waals surface area (Å²) in [6, 6.07) is 23.8. The Morgan fingerprint density at radius 3 is 2.35 bits per heavy atom. The third-order valence-corrected chi connectivity index (χ3v) is 14.6. The zero-order valence-corrected chi connectivity index (χ0v) is 41.6. The van der Waals surface area contributed by atoms with Crippen molar-refractivity contribution < 1.29 is 46.5 Å². The van der Waals surface area contributed by atoms with Crippen molar-refractivity contribution in [3.8, 4) is 11.5 Å². The van der Waals surface area contributed by atoms with Crippen LogP contribution in [0.5, 0.6) is 11.5 Å². The summed E-state index contributed by atoms with van der Waals surface area (Å²) in [5, 5.41) is 0.121. The third-order valence-electron chi connectivity index (χ3n) is 14.4. The van der Waals surface area contributed by atoms with Crippen molar-refractivity contribution in [2.75, 3.05) is 38.3 Å². The lowest BCUT2D eigenvalue weighted by atomic mass is 9.59. The number of ether oxygens (including phenoxy) is 4. The zero-order chi connectivity index (χ0) is 49.6. The number of hydrogen-bond donors (Lipinski definition) is 0. The lowest BCUT2D eigenvalue weighted by Gasteiger charge is -2.51. The van der Waals surface area contributed by atoms with Crippen LogP contribution in [0.3, 0.4) is 0 Å². The van der Waals surface area contributed by atoms with Crippen LogP contribution in [0.25, 0.3) is 0 Å². The van der Waals surface area contributed by atoms with Gasteiger partial charge in [-0.15, -0.1) is 0 Å². The summed E-state index contributed by atoms with van der Waals surface area (Å²) in [7, 11) is 1.14. The SMILES string of the molecule is COC(=O)C1(N(C(=O)C(F)(F)F)c2cccc(Cl)c2)CCC2(CC1)c1cc(OCCCN(CCCc3ccccc3)C(=O)OC(C)(C)C)ccc1C[C@@H]2C[C@@H](C)COc1ccnc2c1[C@H](C)CCC2. The molecule has 0 radical (unpaired) electrons. The molecule has 3 aliphatic carbocycles. The first-order valence-corrected chi connectivity index (χ1v) is 24.9. The quantitative estimate of drug-likeness (QED) is 0.0760. The van der Waals surface area contributed by atoms with Gasteiger partial charge < -0.3 is 23.8 Å². The third kappa shape index (κ3) is 12.0. The number of carbonyl (C=O) groups is 3. The molecular formula is C55H67ClF3N3O7. The number of methoxy groups -OCH3 is 1. The van der Waals surface area contributed by atoms with Crippen LogP contribution in [0.1, 0.15) is 126 Å². The summed E-state index contributed by atoms with van der Waals surface area (Å²) in [6.45, 7) is 11.7. The van der Waals surface area contributed by atoms with Crippen LogP contribution in [-0.2, 0) is 43.7 Å². The van der Waals surface area contributed by atoms with Crippen molar-refractivity contribution in [1.29, 1.82) is 0 Å². The molecule has 0 saturated heterocycles. The largest absolute Gasteiger partial charge is 0.494 e. The Labute approximate surface area is 410 Å². The number of nitrogens with zero attached hydrogens (tertiary/aromatic N) is 3. The van der Waals surface area contributed by atoms with Crippen LogP contribution in [0, 0.1) is 11.8 Å². The fourth-order valence-electron chi connectivity index (χ4n) is 11.1. The van der Waals surface area contributed by atoms with Crippen LogP contribution in [0.15, 0.2) is 85.1 Å². The van der Waals surface area contributed by atoms with E-state index < -0.39 is 34.6 Å². The van der Waals surface area contributed by atoms with Gasteiger partial charge in [0.1, 0.15) is 22.6 Å². The number of aromatic nitrogens is 1. The van der Waals surface area contributed by atoms with Gasteiger partial charge in [-0.05, 0) is 174 Å². The Hall–Kier alpha value is -5.30. The van der Waals surface area contributed by atoms with E-state index in [0.717, 1.165) is 68.2 Å². The van der Waals surface area contributed by atoms with Gasteiger partial charge in [-0.25, -0.2) is 9.59 Å². The number of rotatable bonds is 17. The molecule has 0 N–H and O–H groups in total. The average Bonchev–Trinajstić information content (AvgIpc) is 3.59. The summed E-state index contributed by atoms with van der Waals surface area (Å²) >= 11 is 6.30. The van der Waals surface area contributed by atoms with E-state index in [0.29, 0.717) is 68.6 Å². The highest BCUT2D eigenvalue weighted by Crippen LogP contribution is 2.58. The number of anilines is 1. The van der Waals surface area contributed by atoms with Gasteiger partial charge in [-0.2, -0.15) is 13.2 Å². The molecule has 3 aliphatic rings. The highest BCUT2D eigenvalue weighted by molar-refractivity contribution is 6.31. The van der Waals surface area contributed by atoms with E-state index in [1.54, 1.807) is 4.90 Å². The van der Waals surface area contributed by atoms with Gasteiger partial charge in [0.15, 0.2) is 0 Å². The van der Waals surface area contributed by atoms with Crippen LogP contribution in [-0.4, -0.2) is 78.6 Å². The Morgan fingerprint density at radius 1 is 0.913 bits per heavy atom. The van der Waals surface area contributed by atoms with E-state index in [9.17, 15) is 27.6 Å². The first kappa shape index (κ1) is 51.5. The molecule has 1 spiro atoms. The fourth-order valence-corrected chi connectivity index (χ4v) is 11.3. The molecule has 0 bridgehead atoms. The topological polar surface area (TPSA) is 108 Å². The van der Waals surface area contributed by atoms with Crippen molar-refractivity contribution in [1.82, 2.24) is 9.88 Å². The van der Waals surface area contributed by atoms with Crippen molar-refractivity contribution in [2.45, 2.75) is 140 Å². The maximum absolute atomic E-state index is 14.6. The molecule has 69 heavy (non-hydrogen) atoms. The lowest BCUT2D eigenvalue weighted by molar-refractivity contribution is -0.174. The minimum atomic E-state index is -5.29. The average molecular weight is 975 g/mol. The fraction of sp³-hybridized carbons (Fsp3) is 0.527. The Kier molecular flexibility index (Phi) is 16.3. The molecular weight excluding hydrogens is 907 g/mol. The van der Waals surface area contributed by atoms with E-state index in [-0.39, 0.29) is 41.5 Å². The zero-order valence-electron chi connectivity index (χ0n) is 40.8. The van der Waals surface area contributed by atoms with Gasteiger partial charge in [0.25, 0.3) is 0 Å². The standard InChI is InChI=1S/C55H67ClF3N3O7/c1-37(36-68-47-23-28-60-46-20-10-14-38(2)48(46)47)32-41-33-40-21-22-44(67-31-13-30-61(51(65)69-52(3,4)5)29-12-17-39-15-8-7-9-16-39)35-45(40)53(41)24-26-54(27-25-53,50(64)66-6)62(49(63)55(57,58)59)43-19-11-18-42(56)34-43/h7-9,11,15-16,18-19,21-23,28,34-35,37-38,41H,10,12-14,17,20,24-27,29-33,36H2,1-6H3/t37-,38-,41+,53?,54?/m1/s1. The first-order chi connectivity index (χ1) is 32.8. The lowest BCUT2D eigenvalue weighted by Crippen LogP contribution is -2.63. The summed E-state index contributed by atoms with van der Waals surface area (Å²) in [6.07, 6.45) is 3.24. The number of benzene rings is 3. The smallest absolute Gasteiger partial charge is 0.471 e. The van der Waals surface area contributed by atoms with Crippen molar-refractivity contribution in [3.05, 3.63) is 118 Å². The summed E-state index contributed by atoms with van der Waals surface area (Å²) in [5.74, 6) is -1.13. The molecule has 10 nitrogen and oxygen atoms in total. The Morgan fingerprint density at radius 2 is 1.65 bits per heavy atom. The number of alkyl halides is 3. The molecule has 0 unspecified atom stereocenters. The molecule has 4 aromatic rings. The van der Waals surface area contributed by atoms with Gasteiger partial charge in [-0.1, -0.05) is 67.9 Å². The number of hydrogen-bond acceptors (Lipinski definition) is 8. The second kappa shape index (κ2) is 21.8. The predicted molar refractivity (Wildman–Crippen MR) is 261 cm³/mol. The maximum Gasteiger partial charge on any atom is 0.471 e. The number of fused-ring (bicyclic) bond motifs is 3. The minimum absolute atomic E-state index is 0.0264. The summed E-state index contributed by atoms with van der Waals surface area (Å²) < 4.78 is 67.8. The Balaban J connectivity index is 1.14. The normalized spacial score (nSPS) is 21.4. The van der Waals surface area contributed by atoms with Crippen molar-refractivity contribution >= 4 is 35.3 Å². The molecule has 14 heteroatoms. The van der Waals surface area contributed by atoms with Gasteiger partial charge in [0.2, 0.25) is 0 Å². The van der Waals surface area contributed by atoms with Crippen molar-refractivity contribution in [3.63, 3.8) is 0 Å². The van der Waals surface area contributed by atoms with Crippen LogP contribution in [0.4, 0.5) is 23.7 Å². The number of pyridine rings is 1. The van der Waals surface area contributed by atoms with Crippen LogP contribution < -0.4 is 14.4 Å². The molecule has 7 rings (SSSR count). The van der Waals surface area contributed by atoms with Crippen LogP contribution in [0.2, 0.25) is 5.02 Å². The molecule has 0 aliphatic heterocycles. The minimum Gasteiger partial charge on any atom is -0.494 e. The molecule has 1 aromatic heterocycles. The van der Waals surface area contributed by atoms with Crippen LogP contribution >= 0.6 is 11.6 Å². The highest BCUT2D eigenvalue weighted by Gasteiger charge is 2.60. The van der Waals surface area contributed by atoms with Gasteiger partial charge >= 0.3 is 24.1 Å². The first-order valence-electron chi connectivity index (χ1n) is 24.5. The van der Waals surface area contributed by atoms with E-state index >= 15 is 0 Å². The molecule has 1 fully saturated rings. The monoisotopic (exact) mass is 973 g/mol. The second-order valence-corrected chi connectivity index (χ2v) is 20.8. The number of amides is 2. The predicted octanol–water partition coefficient (Wildman–Crippen LogP) is 12.4. The summed E-state index contributed by atoms with van der Waals surface area (Å²) in [5.41, 5.74) is 2.27.